The van der Waals surface area contributed by atoms with Crippen LogP contribution in [0.5, 0.6) is 0 Å². The first-order valence-electron chi connectivity index (χ1n) is 7.95. The zero-order valence-corrected chi connectivity index (χ0v) is 13.5. The zero-order chi connectivity index (χ0) is 15.0. The number of nitrogens with one attached hydrogen (secondary N) is 2. The minimum atomic E-state index is 0.0616. The minimum Gasteiger partial charge on any atom is -0.325 e. The molecule has 1 aliphatic heterocycles. The van der Waals surface area contributed by atoms with Crippen LogP contribution in [0.4, 0.5) is 5.69 Å². The van der Waals surface area contributed by atoms with E-state index in [-0.39, 0.29) is 11.9 Å². The maximum atomic E-state index is 11.5. The third-order valence-corrected chi connectivity index (χ3v) is 5.02. The van der Waals surface area contributed by atoms with Gasteiger partial charge in [-0.3, -0.25) is 4.79 Å². The Kier molecular flexibility index (Phi) is 4.23. The summed E-state index contributed by atoms with van der Waals surface area (Å²) >= 11 is 6.51. The Hall–Kier alpha value is -1.06. The molecule has 2 atom stereocenters. The van der Waals surface area contributed by atoms with E-state index in [1.165, 1.54) is 12.8 Å². The fraction of sp³-hybridized carbons (Fsp3) is 0.588. The summed E-state index contributed by atoms with van der Waals surface area (Å²) in [4.78, 5) is 11.5. The predicted octanol–water partition coefficient (Wildman–Crippen LogP) is 3.92. The highest BCUT2D eigenvalue weighted by Crippen LogP contribution is 2.45. The molecule has 1 amide bonds. The van der Waals surface area contributed by atoms with Crippen molar-refractivity contribution in [2.24, 2.45) is 11.8 Å². The molecule has 4 heteroatoms. The van der Waals surface area contributed by atoms with Gasteiger partial charge < -0.3 is 10.6 Å². The number of anilines is 1. The van der Waals surface area contributed by atoms with Crippen molar-refractivity contribution in [3.63, 3.8) is 0 Å². The first-order chi connectivity index (χ1) is 10.1. The number of benzene rings is 1. The summed E-state index contributed by atoms with van der Waals surface area (Å²) in [7, 11) is 0. The van der Waals surface area contributed by atoms with Crippen molar-refractivity contribution in [3.05, 3.63) is 28.3 Å². The summed E-state index contributed by atoms with van der Waals surface area (Å²) in [5, 5.41) is 7.29. The molecule has 1 aromatic rings. The highest BCUT2D eigenvalue weighted by Gasteiger charge is 2.35. The number of hydrogen-bond donors (Lipinski definition) is 2. The summed E-state index contributed by atoms with van der Waals surface area (Å²) in [6, 6.07) is 4.32. The molecule has 3 nitrogen and oxygen atoms in total. The van der Waals surface area contributed by atoms with E-state index in [0.717, 1.165) is 40.7 Å². The Morgan fingerprint density at radius 1 is 1.43 bits per heavy atom. The van der Waals surface area contributed by atoms with Crippen molar-refractivity contribution in [2.45, 2.75) is 45.6 Å². The zero-order valence-electron chi connectivity index (χ0n) is 12.7. The number of carbonyl (C=O) groups is 1. The lowest BCUT2D eigenvalue weighted by molar-refractivity contribution is -0.115. The number of halogens is 1. The maximum absolute atomic E-state index is 11.5. The van der Waals surface area contributed by atoms with Gasteiger partial charge in [-0.25, -0.2) is 0 Å². The van der Waals surface area contributed by atoms with E-state index in [1.54, 1.807) is 0 Å². The van der Waals surface area contributed by atoms with Crippen LogP contribution in [0.2, 0.25) is 5.02 Å². The van der Waals surface area contributed by atoms with Crippen LogP contribution >= 0.6 is 11.6 Å². The Morgan fingerprint density at radius 2 is 2.19 bits per heavy atom. The SMILES string of the molecule is CCCNC(c1cc2c(cc1Cl)NC(=O)C2)C(C)C1CC1. The molecule has 21 heavy (non-hydrogen) atoms. The predicted molar refractivity (Wildman–Crippen MR) is 86.7 cm³/mol. The highest BCUT2D eigenvalue weighted by molar-refractivity contribution is 6.32. The largest absolute Gasteiger partial charge is 0.325 e. The molecular formula is C17H23ClN2O. The number of rotatable bonds is 6. The van der Waals surface area contributed by atoms with Crippen LogP contribution in [0.3, 0.4) is 0 Å². The molecule has 0 spiro atoms. The summed E-state index contributed by atoms with van der Waals surface area (Å²) < 4.78 is 0. The molecule has 1 fully saturated rings. The molecule has 114 valence electrons. The summed E-state index contributed by atoms with van der Waals surface area (Å²) in [5.41, 5.74) is 3.10. The molecule has 3 rings (SSSR count). The molecule has 2 N–H and O–H groups in total. The van der Waals surface area contributed by atoms with Gasteiger partial charge in [0.2, 0.25) is 5.91 Å². The van der Waals surface area contributed by atoms with Crippen LogP contribution in [0.1, 0.15) is 50.3 Å². The van der Waals surface area contributed by atoms with Gasteiger partial charge in [-0.05, 0) is 54.8 Å². The minimum absolute atomic E-state index is 0.0616. The lowest BCUT2D eigenvalue weighted by Gasteiger charge is -2.27. The average molecular weight is 307 g/mol. The van der Waals surface area contributed by atoms with E-state index < -0.39 is 0 Å². The van der Waals surface area contributed by atoms with E-state index in [2.05, 4.69) is 30.5 Å². The van der Waals surface area contributed by atoms with Gasteiger partial charge in [-0.2, -0.15) is 0 Å². The molecule has 0 aromatic heterocycles. The van der Waals surface area contributed by atoms with Crippen LogP contribution < -0.4 is 10.6 Å². The molecule has 2 unspecified atom stereocenters. The fourth-order valence-electron chi connectivity index (χ4n) is 3.28. The smallest absolute Gasteiger partial charge is 0.228 e. The van der Waals surface area contributed by atoms with Crippen molar-refractivity contribution in [1.82, 2.24) is 5.32 Å². The Balaban J connectivity index is 1.91. The number of carbonyl (C=O) groups excluding carboxylic acids is 1. The van der Waals surface area contributed by atoms with Gasteiger partial charge >= 0.3 is 0 Å². The molecule has 1 aliphatic carbocycles. The van der Waals surface area contributed by atoms with E-state index in [0.29, 0.717) is 12.3 Å². The fourth-order valence-corrected chi connectivity index (χ4v) is 3.56. The second-order valence-electron chi connectivity index (χ2n) is 6.38. The molecule has 1 aromatic carbocycles. The number of amides is 1. The molecule has 0 saturated heterocycles. The van der Waals surface area contributed by atoms with Crippen LogP contribution in [-0.2, 0) is 11.2 Å². The third kappa shape index (κ3) is 3.09. The van der Waals surface area contributed by atoms with Crippen molar-refractivity contribution >= 4 is 23.2 Å². The number of hydrogen-bond acceptors (Lipinski definition) is 2. The van der Waals surface area contributed by atoms with Gasteiger partial charge in [0.05, 0.1) is 6.42 Å². The highest BCUT2D eigenvalue weighted by atomic mass is 35.5. The van der Waals surface area contributed by atoms with Gasteiger partial charge in [-0.15, -0.1) is 0 Å². The standard InChI is InChI=1S/C17H23ClN2O/c1-3-6-19-17(10(2)11-4-5-11)13-7-12-8-16(21)20-15(12)9-14(13)18/h7,9-11,17,19H,3-6,8H2,1-2H3,(H,20,21). The molecule has 1 saturated carbocycles. The van der Waals surface area contributed by atoms with Gasteiger partial charge in [-0.1, -0.05) is 31.5 Å². The summed E-state index contributed by atoms with van der Waals surface area (Å²) in [6.07, 6.45) is 4.23. The molecule has 1 heterocycles. The van der Waals surface area contributed by atoms with Crippen LogP contribution in [-0.4, -0.2) is 12.5 Å². The lowest BCUT2D eigenvalue weighted by Crippen LogP contribution is -2.29. The van der Waals surface area contributed by atoms with Crippen LogP contribution in [0.15, 0.2) is 12.1 Å². The van der Waals surface area contributed by atoms with Gasteiger partial charge in [0.1, 0.15) is 0 Å². The molecule has 0 radical (unpaired) electrons. The first kappa shape index (κ1) is 14.9. The monoisotopic (exact) mass is 306 g/mol. The van der Waals surface area contributed by atoms with Crippen molar-refractivity contribution in [3.8, 4) is 0 Å². The van der Waals surface area contributed by atoms with Crippen LogP contribution in [0, 0.1) is 11.8 Å². The summed E-state index contributed by atoms with van der Waals surface area (Å²) in [5.74, 6) is 1.45. The quantitative estimate of drug-likeness (QED) is 0.836. The number of fused-ring (bicyclic) bond motifs is 1. The van der Waals surface area contributed by atoms with Crippen molar-refractivity contribution < 1.29 is 4.79 Å². The Bertz CT molecular complexity index is 554. The second-order valence-corrected chi connectivity index (χ2v) is 6.79. The van der Waals surface area contributed by atoms with Gasteiger partial charge in [0.25, 0.3) is 0 Å². The first-order valence-corrected chi connectivity index (χ1v) is 8.33. The summed E-state index contributed by atoms with van der Waals surface area (Å²) in [6.45, 7) is 5.49. The third-order valence-electron chi connectivity index (χ3n) is 4.69. The Morgan fingerprint density at radius 3 is 2.86 bits per heavy atom. The van der Waals surface area contributed by atoms with E-state index >= 15 is 0 Å². The Labute approximate surface area is 131 Å². The molecule has 2 aliphatic rings. The van der Waals surface area contributed by atoms with Gasteiger partial charge in [0, 0.05) is 16.8 Å². The average Bonchev–Trinajstić information content (AvgIpc) is 3.22. The maximum Gasteiger partial charge on any atom is 0.228 e. The van der Waals surface area contributed by atoms with E-state index in [1.807, 2.05) is 6.07 Å². The van der Waals surface area contributed by atoms with E-state index in [4.69, 9.17) is 11.6 Å². The molecule has 0 bridgehead atoms. The normalized spacial score (nSPS) is 20.0. The van der Waals surface area contributed by atoms with E-state index in [9.17, 15) is 4.79 Å². The van der Waals surface area contributed by atoms with Crippen LogP contribution in [0.25, 0.3) is 0 Å². The lowest BCUT2D eigenvalue weighted by atomic mass is 9.89. The molecular weight excluding hydrogens is 284 g/mol. The van der Waals surface area contributed by atoms with Gasteiger partial charge in [0.15, 0.2) is 0 Å². The second kappa shape index (κ2) is 5.98. The topological polar surface area (TPSA) is 41.1 Å². The van der Waals surface area contributed by atoms with Crippen molar-refractivity contribution in [1.29, 1.82) is 0 Å². The van der Waals surface area contributed by atoms with Crippen molar-refractivity contribution in [2.75, 3.05) is 11.9 Å².